The second-order valence-corrected chi connectivity index (χ2v) is 6.23. The van der Waals surface area contributed by atoms with E-state index < -0.39 is 0 Å². The lowest BCUT2D eigenvalue weighted by atomic mass is 10.1. The van der Waals surface area contributed by atoms with Crippen LogP contribution in [-0.4, -0.2) is 24.1 Å². The van der Waals surface area contributed by atoms with Gasteiger partial charge in [0.25, 0.3) is 0 Å². The molecule has 1 aromatic carbocycles. The molecular formula is C14H15BrIN3O. The largest absolute Gasteiger partial charge is 0.378 e. The number of aromatic nitrogens is 2. The number of hydrogen-bond donors (Lipinski definition) is 1. The Hall–Kier alpha value is -0.730. The normalized spacial score (nSPS) is 10.6. The molecule has 0 saturated heterocycles. The van der Waals surface area contributed by atoms with Crippen LogP contribution in [0.3, 0.4) is 0 Å². The maximum Gasteiger partial charge on any atom is 0.143 e. The molecule has 0 radical (unpaired) electrons. The highest BCUT2D eigenvalue weighted by atomic mass is 127. The predicted molar refractivity (Wildman–Crippen MR) is 92.0 cm³/mol. The highest BCUT2D eigenvalue weighted by Crippen LogP contribution is 2.21. The Kier molecular flexibility index (Phi) is 5.74. The third kappa shape index (κ3) is 3.89. The van der Waals surface area contributed by atoms with Gasteiger partial charge in [-0.1, -0.05) is 28.1 Å². The summed E-state index contributed by atoms with van der Waals surface area (Å²) < 4.78 is 7.27. The molecule has 106 valence electrons. The van der Waals surface area contributed by atoms with E-state index >= 15 is 0 Å². The van der Waals surface area contributed by atoms with Crippen molar-refractivity contribution in [3.63, 3.8) is 0 Å². The van der Waals surface area contributed by atoms with Gasteiger partial charge >= 0.3 is 0 Å². The molecule has 0 amide bonds. The molecule has 0 fully saturated rings. The molecular weight excluding hydrogens is 433 g/mol. The van der Waals surface area contributed by atoms with Crippen LogP contribution in [0.5, 0.6) is 0 Å². The van der Waals surface area contributed by atoms with E-state index in [9.17, 15) is 0 Å². The van der Waals surface area contributed by atoms with E-state index in [1.54, 1.807) is 7.11 Å². The van der Waals surface area contributed by atoms with Crippen LogP contribution >= 0.6 is 38.5 Å². The minimum atomic E-state index is 0.487. The minimum Gasteiger partial charge on any atom is -0.378 e. The number of methoxy groups -OCH3 is 1. The number of nitrogens with one attached hydrogen (secondary N) is 1. The first-order valence-electron chi connectivity index (χ1n) is 6.10. The number of hydrogen-bond acceptors (Lipinski definition) is 4. The Morgan fingerprint density at radius 3 is 2.80 bits per heavy atom. The van der Waals surface area contributed by atoms with E-state index in [0.717, 1.165) is 25.4 Å². The van der Waals surface area contributed by atoms with Gasteiger partial charge in [0.2, 0.25) is 0 Å². The summed E-state index contributed by atoms with van der Waals surface area (Å²) in [5, 5.41) is 3.11. The van der Waals surface area contributed by atoms with E-state index in [2.05, 4.69) is 65.9 Å². The van der Waals surface area contributed by atoms with Gasteiger partial charge < -0.3 is 10.1 Å². The highest BCUT2D eigenvalue weighted by Gasteiger charge is 2.11. The van der Waals surface area contributed by atoms with Crippen molar-refractivity contribution in [2.24, 2.45) is 0 Å². The zero-order valence-electron chi connectivity index (χ0n) is 11.3. The van der Waals surface area contributed by atoms with Crippen LogP contribution in [0.4, 0.5) is 5.82 Å². The van der Waals surface area contributed by atoms with E-state index in [1.165, 1.54) is 5.56 Å². The Morgan fingerprint density at radius 2 is 2.15 bits per heavy atom. The summed E-state index contributed by atoms with van der Waals surface area (Å²) in [6.45, 7) is 0.487. The average molecular weight is 448 g/mol. The fourth-order valence-electron chi connectivity index (χ4n) is 1.85. The minimum absolute atomic E-state index is 0.487. The van der Waals surface area contributed by atoms with Gasteiger partial charge in [0, 0.05) is 25.1 Å². The summed E-state index contributed by atoms with van der Waals surface area (Å²) in [5.74, 6) is 1.64. The summed E-state index contributed by atoms with van der Waals surface area (Å²) in [4.78, 5) is 9.15. The van der Waals surface area contributed by atoms with E-state index in [4.69, 9.17) is 4.74 Å². The molecule has 1 heterocycles. The SMILES string of the molecule is CNc1nc(Cc2cccc(Br)c2)nc(COC)c1I. The molecule has 0 aliphatic carbocycles. The number of benzene rings is 1. The average Bonchev–Trinajstić information content (AvgIpc) is 2.42. The number of ether oxygens (including phenoxy) is 1. The fraction of sp³-hybridized carbons (Fsp3) is 0.286. The van der Waals surface area contributed by atoms with Crippen LogP contribution in [0.25, 0.3) is 0 Å². The predicted octanol–water partition coefficient (Wildman–Crippen LogP) is 3.62. The van der Waals surface area contributed by atoms with Crippen LogP contribution in [0.1, 0.15) is 17.1 Å². The molecule has 0 saturated carbocycles. The molecule has 6 heteroatoms. The van der Waals surface area contributed by atoms with Crippen LogP contribution in [-0.2, 0) is 17.8 Å². The van der Waals surface area contributed by atoms with Gasteiger partial charge in [-0.2, -0.15) is 0 Å². The molecule has 4 nitrogen and oxygen atoms in total. The molecule has 0 aliphatic heterocycles. The second-order valence-electron chi connectivity index (χ2n) is 4.24. The molecule has 0 spiro atoms. The summed E-state index contributed by atoms with van der Waals surface area (Å²) in [6.07, 6.45) is 0.696. The zero-order valence-corrected chi connectivity index (χ0v) is 15.0. The van der Waals surface area contributed by atoms with Gasteiger partial charge in [-0.25, -0.2) is 9.97 Å². The smallest absolute Gasteiger partial charge is 0.143 e. The van der Waals surface area contributed by atoms with Crippen molar-refractivity contribution in [3.05, 3.63) is 49.4 Å². The Labute approximate surface area is 140 Å². The van der Waals surface area contributed by atoms with Crippen molar-refractivity contribution in [1.82, 2.24) is 9.97 Å². The number of nitrogens with zero attached hydrogens (tertiary/aromatic N) is 2. The van der Waals surface area contributed by atoms with Crippen molar-refractivity contribution in [2.45, 2.75) is 13.0 Å². The van der Waals surface area contributed by atoms with Crippen molar-refractivity contribution < 1.29 is 4.74 Å². The molecule has 0 bridgehead atoms. The highest BCUT2D eigenvalue weighted by molar-refractivity contribution is 14.1. The van der Waals surface area contributed by atoms with Crippen LogP contribution < -0.4 is 5.32 Å². The standard InChI is InChI=1S/C14H15BrIN3O/c1-17-14-13(16)11(8-20-2)18-12(19-14)7-9-4-3-5-10(15)6-9/h3-6H,7-8H2,1-2H3,(H,17,18,19). The van der Waals surface area contributed by atoms with Crippen molar-refractivity contribution >= 4 is 44.3 Å². The molecule has 0 atom stereocenters. The van der Waals surface area contributed by atoms with Gasteiger partial charge in [-0.3, -0.25) is 0 Å². The first-order chi connectivity index (χ1) is 9.63. The number of anilines is 1. The monoisotopic (exact) mass is 447 g/mol. The summed E-state index contributed by atoms with van der Waals surface area (Å²) >= 11 is 5.72. The summed E-state index contributed by atoms with van der Waals surface area (Å²) in [7, 11) is 3.54. The first-order valence-corrected chi connectivity index (χ1v) is 7.97. The molecule has 2 rings (SSSR count). The maximum atomic E-state index is 5.20. The lowest BCUT2D eigenvalue weighted by Gasteiger charge is -2.11. The lowest BCUT2D eigenvalue weighted by molar-refractivity contribution is 0.180. The van der Waals surface area contributed by atoms with Crippen molar-refractivity contribution in [3.8, 4) is 0 Å². The van der Waals surface area contributed by atoms with Gasteiger partial charge in [0.15, 0.2) is 0 Å². The maximum absolute atomic E-state index is 5.20. The first kappa shape index (κ1) is 15.7. The Morgan fingerprint density at radius 1 is 1.35 bits per heavy atom. The molecule has 1 aromatic heterocycles. The third-order valence-electron chi connectivity index (χ3n) is 2.74. The van der Waals surface area contributed by atoms with Crippen molar-refractivity contribution in [2.75, 3.05) is 19.5 Å². The van der Waals surface area contributed by atoms with E-state index in [0.29, 0.717) is 13.0 Å². The Balaban J connectivity index is 2.34. The van der Waals surface area contributed by atoms with Gasteiger partial charge in [-0.15, -0.1) is 0 Å². The molecule has 0 aliphatic rings. The zero-order chi connectivity index (χ0) is 14.5. The van der Waals surface area contributed by atoms with Crippen LogP contribution in [0, 0.1) is 3.57 Å². The molecule has 2 aromatic rings. The van der Waals surface area contributed by atoms with Crippen LogP contribution in [0.2, 0.25) is 0 Å². The van der Waals surface area contributed by atoms with Crippen molar-refractivity contribution in [1.29, 1.82) is 0 Å². The Bertz CT molecular complexity index is 607. The van der Waals surface area contributed by atoms with Gasteiger partial charge in [0.1, 0.15) is 11.6 Å². The quantitative estimate of drug-likeness (QED) is 0.711. The lowest BCUT2D eigenvalue weighted by Crippen LogP contribution is -2.08. The number of halogens is 2. The topological polar surface area (TPSA) is 47.0 Å². The van der Waals surface area contributed by atoms with Gasteiger partial charge in [0.05, 0.1) is 15.9 Å². The van der Waals surface area contributed by atoms with E-state index in [1.807, 2.05) is 19.2 Å². The number of rotatable bonds is 5. The third-order valence-corrected chi connectivity index (χ3v) is 4.36. The summed E-state index contributed by atoms with van der Waals surface area (Å²) in [6, 6.07) is 8.17. The van der Waals surface area contributed by atoms with E-state index in [-0.39, 0.29) is 0 Å². The summed E-state index contributed by atoms with van der Waals surface area (Å²) in [5.41, 5.74) is 2.09. The molecule has 0 unspecified atom stereocenters. The molecule has 20 heavy (non-hydrogen) atoms. The second kappa shape index (κ2) is 7.33. The van der Waals surface area contributed by atoms with Gasteiger partial charge in [-0.05, 0) is 40.3 Å². The fourth-order valence-corrected chi connectivity index (χ4v) is 2.96. The van der Waals surface area contributed by atoms with Crippen LogP contribution in [0.15, 0.2) is 28.7 Å². The molecule has 1 N–H and O–H groups in total.